The van der Waals surface area contributed by atoms with Crippen LogP contribution in [0.1, 0.15) is 40.0 Å². The van der Waals surface area contributed by atoms with Crippen molar-refractivity contribution in [1.29, 1.82) is 0 Å². The average Bonchev–Trinajstić information content (AvgIpc) is 3.11. The summed E-state index contributed by atoms with van der Waals surface area (Å²) in [6.07, 6.45) is 1.50. The molecule has 0 spiro atoms. The van der Waals surface area contributed by atoms with Gasteiger partial charge in [0.05, 0.1) is 11.7 Å². The molecule has 1 amide bonds. The van der Waals surface area contributed by atoms with Crippen molar-refractivity contribution in [2.75, 3.05) is 0 Å². The first-order valence-corrected chi connectivity index (χ1v) is 7.76. The van der Waals surface area contributed by atoms with E-state index < -0.39 is 0 Å². The molecular formula is C18H19N5O. The smallest absolute Gasteiger partial charge is 0.251 e. The van der Waals surface area contributed by atoms with Gasteiger partial charge >= 0.3 is 0 Å². The maximum absolute atomic E-state index is 12.6. The Kier molecular flexibility index (Phi) is 4.37. The van der Waals surface area contributed by atoms with E-state index >= 15 is 0 Å². The number of hydrogen-bond donors (Lipinski definition) is 1. The van der Waals surface area contributed by atoms with Gasteiger partial charge in [-0.15, -0.1) is 5.10 Å². The van der Waals surface area contributed by atoms with E-state index in [1.165, 1.54) is 16.6 Å². The highest BCUT2D eigenvalue weighted by atomic mass is 16.1. The number of aryl methyl sites for hydroxylation is 2. The number of rotatable bonds is 4. The van der Waals surface area contributed by atoms with Crippen molar-refractivity contribution in [3.8, 4) is 5.69 Å². The zero-order valence-corrected chi connectivity index (χ0v) is 13.9. The summed E-state index contributed by atoms with van der Waals surface area (Å²) in [5.41, 5.74) is 4.78. The van der Waals surface area contributed by atoms with Gasteiger partial charge in [-0.05, 0) is 60.5 Å². The number of hydrogen-bond acceptors (Lipinski definition) is 4. The minimum Gasteiger partial charge on any atom is -0.346 e. The van der Waals surface area contributed by atoms with Gasteiger partial charge in [0.1, 0.15) is 6.33 Å². The van der Waals surface area contributed by atoms with Crippen LogP contribution in [0.2, 0.25) is 0 Å². The first kappa shape index (κ1) is 15.9. The average molecular weight is 321 g/mol. The van der Waals surface area contributed by atoms with Gasteiger partial charge in [0.2, 0.25) is 0 Å². The lowest BCUT2D eigenvalue weighted by Crippen LogP contribution is -2.27. The van der Waals surface area contributed by atoms with Crippen molar-refractivity contribution in [2.45, 2.75) is 26.8 Å². The van der Waals surface area contributed by atoms with Crippen LogP contribution in [-0.4, -0.2) is 26.1 Å². The van der Waals surface area contributed by atoms with E-state index in [1.54, 1.807) is 12.1 Å². The molecule has 1 heterocycles. The Bertz CT molecular complexity index is 858. The molecule has 0 aliphatic carbocycles. The van der Waals surface area contributed by atoms with Crippen LogP contribution in [0.4, 0.5) is 0 Å². The third-order valence-corrected chi connectivity index (χ3v) is 3.97. The van der Waals surface area contributed by atoms with Crippen molar-refractivity contribution in [1.82, 2.24) is 25.5 Å². The molecule has 3 aromatic rings. The third-order valence-electron chi connectivity index (χ3n) is 3.97. The van der Waals surface area contributed by atoms with Gasteiger partial charge in [-0.3, -0.25) is 4.79 Å². The summed E-state index contributed by atoms with van der Waals surface area (Å²) in [6.45, 7) is 6.09. The van der Waals surface area contributed by atoms with E-state index in [1.807, 2.05) is 26.0 Å². The lowest BCUT2D eigenvalue weighted by atomic mass is 9.99. The van der Waals surface area contributed by atoms with Crippen LogP contribution in [0.5, 0.6) is 0 Å². The minimum absolute atomic E-state index is 0.0749. The molecule has 0 aliphatic rings. The highest BCUT2D eigenvalue weighted by molar-refractivity contribution is 5.95. The number of tetrazole rings is 1. The van der Waals surface area contributed by atoms with Gasteiger partial charge < -0.3 is 5.32 Å². The van der Waals surface area contributed by atoms with Gasteiger partial charge in [0, 0.05) is 5.56 Å². The van der Waals surface area contributed by atoms with Crippen molar-refractivity contribution < 1.29 is 4.79 Å². The number of benzene rings is 2. The third kappa shape index (κ3) is 3.32. The molecule has 1 atom stereocenters. The van der Waals surface area contributed by atoms with Crippen LogP contribution in [0, 0.1) is 13.8 Å². The van der Waals surface area contributed by atoms with E-state index in [4.69, 9.17) is 0 Å². The first-order chi connectivity index (χ1) is 11.5. The molecule has 2 aromatic carbocycles. The summed E-state index contributed by atoms with van der Waals surface area (Å²) in [5.74, 6) is -0.127. The highest BCUT2D eigenvalue weighted by Gasteiger charge is 2.14. The summed E-state index contributed by atoms with van der Waals surface area (Å²) < 4.78 is 1.52. The molecule has 122 valence electrons. The summed E-state index contributed by atoms with van der Waals surface area (Å²) in [4.78, 5) is 12.6. The molecule has 24 heavy (non-hydrogen) atoms. The van der Waals surface area contributed by atoms with E-state index in [2.05, 4.69) is 46.0 Å². The van der Waals surface area contributed by atoms with Crippen LogP contribution in [-0.2, 0) is 0 Å². The SMILES string of the molecule is Cc1ccc(C)c([C@@H](C)NC(=O)c2cccc(-n3cnnn3)c2)c1. The molecule has 1 N–H and O–H groups in total. The molecule has 0 fully saturated rings. The van der Waals surface area contributed by atoms with Crippen LogP contribution >= 0.6 is 0 Å². The number of nitrogens with one attached hydrogen (secondary N) is 1. The fourth-order valence-electron chi connectivity index (χ4n) is 2.65. The second-order valence-corrected chi connectivity index (χ2v) is 5.86. The maximum Gasteiger partial charge on any atom is 0.251 e. The fraction of sp³-hybridized carbons (Fsp3) is 0.222. The van der Waals surface area contributed by atoms with Crippen LogP contribution in [0.25, 0.3) is 5.69 Å². The summed E-state index contributed by atoms with van der Waals surface area (Å²) in [6, 6.07) is 13.4. The van der Waals surface area contributed by atoms with Crippen LogP contribution < -0.4 is 5.32 Å². The number of amides is 1. The monoisotopic (exact) mass is 321 g/mol. The van der Waals surface area contributed by atoms with Gasteiger partial charge in [-0.1, -0.05) is 29.8 Å². The summed E-state index contributed by atoms with van der Waals surface area (Å²) in [5, 5.41) is 14.1. The number of carbonyl (C=O) groups is 1. The normalized spacial score (nSPS) is 12.0. The quantitative estimate of drug-likeness (QED) is 0.802. The first-order valence-electron chi connectivity index (χ1n) is 7.76. The minimum atomic E-state index is -0.127. The molecule has 6 heteroatoms. The van der Waals surface area contributed by atoms with Crippen molar-refractivity contribution in [3.05, 3.63) is 71.0 Å². The Hall–Kier alpha value is -3.02. The highest BCUT2D eigenvalue weighted by Crippen LogP contribution is 2.19. The second kappa shape index (κ2) is 6.62. The molecular weight excluding hydrogens is 302 g/mol. The molecule has 0 saturated carbocycles. The van der Waals surface area contributed by atoms with Crippen LogP contribution in [0.15, 0.2) is 48.8 Å². The van der Waals surface area contributed by atoms with E-state index in [-0.39, 0.29) is 11.9 Å². The Labute approximate surface area is 140 Å². The van der Waals surface area contributed by atoms with Gasteiger partial charge in [-0.2, -0.15) is 0 Å². The van der Waals surface area contributed by atoms with Gasteiger partial charge in [0.15, 0.2) is 0 Å². The largest absolute Gasteiger partial charge is 0.346 e. The maximum atomic E-state index is 12.6. The van der Waals surface area contributed by atoms with Gasteiger partial charge in [-0.25, -0.2) is 4.68 Å². The zero-order chi connectivity index (χ0) is 17.1. The molecule has 0 unspecified atom stereocenters. The predicted molar refractivity (Wildman–Crippen MR) is 91.0 cm³/mol. The second-order valence-electron chi connectivity index (χ2n) is 5.86. The standard InChI is InChI=1S/C18H19N5O/c1-12-7-8-13(2)17(9-12)14(3)20-18(24)15-5-4-6-16(10-15)23-11-19-21-22-23/h4-11,14H,1-3H3,(H,20,24)/t14-/m1/s1. The molecule has 0 aliphatic heterocycles. The Morgan fingerprint density at radius 3 is 2.75 bits per heavy atom. The van der Waals surface area contributed by atoms with Crippen molar-refractivity contribution in [2.24, 2.45) is 0 Å². The van der Waals surface area contributed by atoms with Crippen molar-refractivity contribution >= 4 is 5.91 Å². The molecule has 6 nitrogen and oxygen atoms in total. The zero-order valence-electron chi connectivity index (χ0n) is 13.9. The molecule has 1 aromatic heterocycles. The molecule has 0 saturated heterocycles. The Morgan fingerprint density at radius 2 is 2.00 bits per heavy atom. The fourth-order valence-corrected chi connectivity index (χ4v) is 2.65. The molecule has 0 radical (unpaired) electrons. The molecule has 3 rings (SSSR count). The Balaban J connectivity index is 1.80. The number of nitrogens with zero attached hydrogens (tertiary/aromatic N) is 4. The van der Waals surface area contributed by atoms with E-state index in [0.29, 0.717) is 5.56 Å². The van der Waals surface area contributed by atoms with E-state index in [0.717, 1.165) is 16.8 Å². The number of carbonyl (C=O) groups excluding carboxylic acids is 1. The summed E-state index contributed by atoms with van der Waals surface area (Å²) >= 11 is 0. The summed E-state index contributed by atoms with van der Waals surface area (Å²) in [7, 11) is 0. The lowest BCUT2D eigenvalue weighted by Gasteiger charge is -2.17. The Morgan fingerprint density at radius 1 is 1.17 bits per heavy atom. The van der Waals surface area contributed by atoms with Crippen LogP contribution in [0.3, 0.4) is 0 Å². The van der Waals surface area contributed by atoms with Crippen molar-refractivity contribution in [3.63, 3.8) is 0 Å². The number of aromatic nitrogens is 4. The van der Waals surface area contributed by atoms with E-state index in [9.17, 15) is 4.79 Å². The molecule has 0 bridgehead atoms. The topological polar surface area (TPSA) is 72.7 Å². The lowest BCUT2D eigenvalue weighted by molar-refractivity contribution is 0.0940. The van der Waals surface area contributed by atoms with Gasteiger partial charge in [0.25, 0.3) is 5.91 Å². The predicted octanol–water partition coefficient (Wildman–Crippen LogP) is 2.77.